The zero-order valence-corrected chi connectivity index (χ0v) is 22.4. The van der Waals surface area contributed by atoms with Crippen molar-refractivity contribution in [2.45, 2.75) is 12.8 Å². The van der Waals surface area contributed by atoms with Gasteiger partial charge in [0, 0.05) is 14.5 Å². The summed E-state index contributed by atoms with van der Waals surface area (Å²) < 4.78 is 13.4. The van der Waals surface area contributed by atoms with E-state index in [1.165, 1.54) is 0 Å². The van der Waals surface area contributed by atoms with Gasteiger partial charge in [0.05, 0.1) is 30.2 Å². The van der Waals surface area contributed by atoms with Gasteiger partial charge in [0.15, 0.2) is 11.5 Å². The van der Waals surface area contributed by atoms with Gasteiger partial charge in [0.1, 0.15) is 24.8 Å². The molecule has 3 aromatic rings. The van der Waals surface area contributed by atoms with Crippen LogP contribution in [0.2, 0.25) is 0 Å². The Morgan fingerprint density at radius 2 is 1.86 bits per heavy atom. The fraction of sp³-hybridized carbons (Fsp3) is 0.148. The number of hydrogen-bond donors (Lipinski definition) is 1. The SMILES string of the molecule is COc1cc(/C=C(/C#N)C2=NN(c3ccccc3)[C@H](N)[C@H]2C#N)ccc1OCc1ccc(Br)cc1Br. The lowest BCUT2D eigenvalue weighted by Gasteiger charge is -2.21. The number of halogens is 2. The monoisotopic (exact) mass is 605 g/mol. The first kappa shape index (κ1) is 25.5. The van der Waals surface area contributed by atoms with Crippen LogP contribution in [0, 0.1) is 28.6 Å². The molecule has 7 nitrogen and oxygen atoms in total. The first-order chi connectivity index (χ1) is 17.4. The van der Waals surface area contributed by atoms with E-state index < -0.39 is 12.1 Å². The molecule has 1 aliphatic rings. The number of ether oxygens (including phenoxy) is 2. The van der Waals surface area contributed by atoms with E-state index in [2.05, 4.69) is 49.1 Å². The molecule has 180 valence electrons. The molecule has 0 unspecified atom stereocenters. The Kier molecular flexibility index (Phi) is 8.07. The minimum absolute atomic E-state index is 0.255. The van der Waals surface area contributed by atoms with Crippen LogP contribution in [0.1, 0.15) is 11.1 Å². The number of hydrogen-bond acceptors (Lipinski definition) is 7. The van der Waals surface area contributed by atoms with Gasteiger partial charge in [-0.1, -0.05) is 62.2 Å². The van der Waals surface area contributed by atoms with E-state index in [1.807, 2.05) is 54.6 Å². The van der Waals surface area contributed by atoms with Crippen LogP contribution in [0.4, 0.5) is 5.69 Å². The van der Waals surface area contributed by atoms with Crippen molar-refractivity contribution in [3.05, 3.63) is 92.4 Å². The van der Waals surface area contributed by atoms with Gasteiger partial charge in [-0.25, -0.2) is 5.01 Å². The number of nitriles is 2. The zero-order chi connectivity index (χ0) is 25.7. The quantitative estimate of drug-likeness (QED) is 0.330. The van der Waals surface area contributed by atoms with Gasteiger partial charge in [0.2, 0.25) is 0 Å². The molecule has 0 aromatic heterocycles. The second kappa shape index (κ2) is 11.4. The van der Waals surface area contributed by atoms with Crippen molar-refractivity contribution >= 4 is 49.3 Å². The largest absolute Gasteiger partial charge is 0.493 e. The van der Waals surface area contributed by atoms with Crippen molar-refractivity contribution in [1.29, 1.82) is 10.5 Å². The van der Waals surface area contributed by atoms with Crippen molar-refractivity contribution in [1.82, 2.24) is 0 Å². The smallest absolute Gasteiger partial charge is 0.161 e. The van der Waals surface area contributed by atoms with Gasteiger partial charge in [-0.3, -0.25) is 0 Å². The van der Waals surface area contributed by atoms with Gasteiger partial charge in [-0.05, 0) is 48.0 Å². The fourth-order valence-corrected chi connectivity index (χ4v) is 4.90. The van der Waals surface area contributed by atoms with E-state index in [0.717, 1.165) is 20.2 Å². The molecule has 3 aromatic carbocycles. The molecule has 0 aliphatic carbocycles. The number of nitrogens with two attached hydrogens (primary N) is 1. The fourth-order valence-electron chi connectivity index (χ4n) is 3.73. The molecule has 36 heavy (non-hydrogen) atoms. The van der Waals surface area contributed by atoms with Crippen molar-refractivity contribution in [3.63, 3.8) is 0 Å². The average Bonchev–Trinajstić information content (AvgIpc) is 3.23. The molecule has 1 heterocycles. The van der Waals surface area contributed by atoms with Gasteiger partial charge < -0.3 is 15.2 Å². The Balaban J connectivity index is 1.60. The molecule has 9 heteroatoms. The summed E-state index contributed by atoms with van der Waals surface area (Å²) in [7, 11) is 1.56. The molecule has 0 amide bonds. The molecule has 0 saturated carbocycles. The molecule has 2 atom stereocenters. The number of methoxy groups -OCH3 is 1. The van der Waals surface area contributed by atoms with Crippen LogP contribution in [0.15, 0.2) is 86.3 Å². The summed E-state index contributed by atoms with van der Waals surface area (Å²) in [6.45, 7) is 0.344. The third kappa shape index (κ3) is 5.44. The minimum Gasteiger partial charge on any atom is -0.493 e. The molecule has 0 spiro atoms. The maximum Gasteiger partial charge on any atom is 0.161 e. The number of anilines is 1. The predicted octanol–water partition coefficient (Wildman–Crippen LogP) is 6.01. The van der Waals surface area contributed by atoms with Crippen molar-refractivity contribution < 1.29 is 9.47 Å². The lowest BCUT2D eigenvalue weighted by atomic mass is 9.95. The summed E-state index contributed by atoms with van der Waals surface area (Å²) in [4.78, 5) is 0. The number of benzene rings is 3. The number of nitrogens with zero attached hydrogens (tertiary/aromatic N) is 4. The zero-order valence-electron chi connectivity index (χ0n) is 19.2. The van der Waals surface area contributed by atoms with Gasteiger partial charge >= 0.3 is 0 Å². The van der Waals surface area contributed by atoms with Crippen LogP contribution in [0.25, 0.3) is 6.08 Å². The van der Waals surface area contributed by atoms with Gasteiger partial charge in [-0.2, -0.15) is 15.6 Å². The molecule has 4 rings (SSSR count). The summed E-state index contributed by atoms with van der Waals surface area (Å²) in [5.41, 5.74) is 9.33. The van der Waals surface area contributed by atoms with Crippen LogP contribution in [-0.2, 0) is 6.61 Å². The number of rotatable bonds is 7. The van der Waals surface area contributed by atoms with Gasteiger partial charge in [-0.15, -0.1) is 0 Å². The molecular weight excluding hydrogens is 586 g/mol. The number of para-hydroxylation sites is 1. The minimum atomic E-state index is -0.759. The Morgan fingerprint density at radius 1 is 1.08 bits per heavy atom. The number of hydrazone groups is 1. The summed E-state index contributed by atoms with van der Waals surface area (Å²) in [6.07, 6.45) is 0.967. The maximum absolute atomic E-state index is 9.91. The summed E-state index contributed by atoms with van der Waals surface area (Å²) in [6, 6.07) is 24.9. The first-order valence-electron chi connectivity index (χ1n) is 10.9. The lowest BCUT2D eigenvalue weighted by Crippen LogP contribution is -2.40. The Bertz CT molecular complexity index is 1410. The number of allylic oxidation sites excluding steroid dienone is 1. The van der Waals surface area contributed by atoms with Gasteiger partial charge in [0.25, 0.3) is 0 Å². The molecular formula is C27H21Br2N5O2. The topological polar surface area (TPSA) is 108 Å². The normalized spacial score (nSPS) is 17.2. The summed E-state index contributed by atoms with van der Waals surface area (Å²) >= 11 is 6.99. The van der Waals surface area contributed by atoms with E-state index in [0.29, 0.717) is 29.4 Å². The lowest BCUT2D eigenvalue weighted by molar-refractivity contribution is 0.284. The van der Waals surface area contributed by atoms with Crippen LogP contribution in [0.5, 0.6) is 11.5 Å². The molecule has 0 radical (unpaired) electrons. The Labute approximate surface area is 226 Å². The highest BCUT2D eigenvalue weighted by Crippen LogP contribution is 2.32. The third-order valence-electron chi connectivity index (χ3n) is 5.59. The molecule has 0 saturated heterocycles. The molecule has 2 N–H and O–H groups in total. The standard InChI is InChI=1S/C27H21Br2N5O2/c1-35-25-12-17(7-10-24(25)36-16-18-8-9-20(28)13-23(18)29)11-19(14-30)26-22(15-31)27(32)34(33-26)21-5-3-2-4-6-21/h2-13,22,27H,16,32H2,1H3/b19-11-/t22-,27-/m0/s1. The Hall–Kier alpha value is -3.63. The van der Waals surface area contributed by atoms with E-state index in [9.17, 15) is 10.5 Å². The molecule has 1 aliphatic heterocycles. The second-order valence-electron chi connectivity index (χ2n) is 7.87. The highest BCUT2D eigenvalue weighted by Gasteiger charge is 2.37. The Morgan fingerprint density at radius 3 is 2.53 bits per heavy atom. The van der Waals surface area contributed by atoms with E-state index >= 15 is 0 Å². The van der Waals surface area contributed by atoms with Crippen LogP contribution < -0.4 is 20.2 Å². The van der Waals surface area contributed by atoms with E-state index in [-0.39, 0.29) is 5.57 Å². The predicted molar refractivity (Wildman–Crippen MR) is 146 cm³/mol. The van der Waals surface area contributed by atoms with E-state index in [4.69, 9.17) is 15.2 Å². The van der Waals surface area contributed by atoms with E-state index in [1.54, 1.807) is 30.3 Å². The highest BCUT2D eigenvalue weighted by molar-refractivity contribution is 9.11. The first-order valence-corrected chi connectivity index (χ1v) is 12.5. The van der Waals surface area contributed by atoms with Crippen LogP contribution in [-0.4, -0.2) is 19.0 Å². The van der Waals surface area contributed by atoms with Crippen molar-refractivity contribution in [2.24, 2.45) is 16.8 Å². The average molecular weight is 607 g/mol. The third-order valence-corrected chi connectivity index (χ3v) is 6.82. The maximum atomic E-state index is 9.91. The summed E-state index contributed by atoms with van der Waals surface area (Å²) in [5, 5.41) is 25.8. The highest BCUT2D eigenvalue weighted by atomic mass is 79.9. The molecule has 0 fully saturated rings. The van der Waals surface area contributed by atoms with Crippen LogP contribution >= 0.6 is 31.9 Å². The van der Waals surface area contributed by atoms with Crippen LogP contribution in [0.3, 0.4) is 0 Å². The second-order valence-corrected chi connectivity index (χ2v) is 9.64. The van der Waals surface area contributed by atoms with Crippen molar-refractivity contribution in [2.75, 3.05) is 12.1 Å². The van der Waals surface area contributed by atoms with Crippen molar-refractivity contribution in [3.8, 4) is 23.6 Å². The summed E-state index contributed by atoms with van der Waals surface area (Å²) in [5.74, 6) is 0.320. The molecule has 0 bridgehead atoms.